The van der Waals surface area contributed by atoms with Crippen LogP contribution in [0.3, 0.4) is 0 Å². The molecular weight excluding hydrogens is 421 g/mol. The fourth-order valence-electron chi connectivity index (χ4n) is 3.71. The van der Waals surface area contributed by atoms with Crippen molar-refractivity contribution in [2.24, 2.45) is 0 Å². The fourth-order valence-corrected chi connectivity index (χ4v) is 3.83. The van der Waals surface area contributed by atoms with Gasteiger partial charge in [0, 0.05) is 37.7 Å². The number of esters is 1. The summed E-state index contributed by atoms with van der Waals surface area (Å²) in [6.07, 6.45) is 0. The van der Waals surface area contributed by atoms with Gasteiger partial charge in [0.15, 0.2) is 0 Å². The Kier molecular flexibility index (Phi) is 8.01. The summed E-state index contributed by atoms with van der Waals surface area (Å²) in [5.41, 5.74) is 2.25. The second-order valence-electron chi connectivity index (χ2n) is 7.65. The van der Waals surface area contributed by atoms with Gasteiger partial charge in [0.25, 0.3) is 0 Å². The summed E-state index contributed by atoms with van der Waals surface area (Å²) >= 11 is 5.97. The van der Waals surface area contributed by atoms with Crippen molar-refractivity contribution < 1.29 is 18.7 Å². The van der Waals surface area contributed by atoms with Gasteiger partial charge in [-0.1, -0.05) is 35.9 Å². The van der Waals surface area contributed by atoms with E-state index >= 15 is 0 Å². The molecule has 166 valence electrons. The van der Waals surface area contributed by atoms with Gasteiger partial charge in [0.05, 0.1) is 13.7 Å². The molecule has 8 heteroatoms. The van der Waals surface area contributed by atoms with Crippen molar-refractivity contribution in [2.75, 3.05) is 39.8 Å². The van der Waals surface area contributed by atoms with Gasteiger partial charge in [0.2, 0.25) is 5.91 Å². The number of ether oxygens (including phenoxy) is 1. The largest absolute Gasteiger partial charge is 0.468 e. The Morgan fingerprint density at radius 3 is 2.42 bits per heavy atom. The van der Waals surface area contributed by atoms with E-state index in [1.165, 1.54) is 13.2 Å². The van der Waals surface area contributed by atoms with Gasteiger partial charge in [-0.2, -0.15) is 0 Å². The number of nitrogens with one attached hydrogen (secondary N) is 1. The molecule has 0 aliphatic carbocycles. The van der Waals surface area contributed by atoms with E-state index in [2.05, 4.69) is 15.1 Å². The van der Waals surface area contributed by atoms with E-state index in [0.717, 1.165) is 11.1 Å². The number of hydrogen-bond acceptors (Lipinski definition) is 5. The van der Waals surface area contributed by atoms with Gasteiger partial charge >= 0.3 is 5.97 Å². The van der Waals surface area contributed by atoms with Crippen LogP contribution < -0.4 is 5.32 Å². The van der Waals surface area contributed by atoms with Crippen molar-refractivity contribution in [1.29, 1.82) is 0 Å². The van der Waals surface area contributed by atoms with Crippen molar-refractivity contribution in [3.8, 4) is 0 Å². The zero-order valence-corrected chi connectivity index (χ0v) is 18.5. The minimum atomic E-state index is -0.500. The third-order valence-electron chi connectivity index (χ3n) is 5.46. The molecular formula is C23H27ClFN3O3. The molecule has 2 aromatic rings. The van der Waals surface area contributed by atoms with Gasteiger partial charge in [-0.15, -0.1) is 0 Å². The van der Waals surface area contributed by atoms with Crippen molar-refractivity contribution in [3.05, 3.63) is 70.0 Å². The van der Waals surface area contributed by atoms with E-state index < -0.39 is 6.04 Å². The lowest BCUT2D eigenvalue weighted by molar-refractivity contribution is -0.148. The number of carbonyl (C=O) groups excluding carboxylic acids is 2. The lowest BCUT2D eigenvalue weighted by Gasteiger charge is -2.38. The lowest BCUT2D eigenvalue weighted by atomic mass is 10.0. The van der Waals surface area contributed by atoms with Crippen LogP contribution in [0, 0.1) is 12.7 Å². The third-order valence-corrected chi connectivity index (χ3v) is 5.71. The van der Waals surface area contributed by atoms with E-state index in [-0.39, 0.29) is 24.2 Å². The van der Waals surface area contributed by atoms with Crippen LogP contribution in [0.15, 0.2) is 42.5 Å². The highest BCUT2D eigenvalue weighted by molar-refractivity contribution is 6.30. The summed E-state index contributed by atoms with van der Waals surface area (Å²) < 4.78 is 18.4. The molecule has 1 N–H and O–H groups in total. The van der Waals surface area contributed by atoms with Gasteiger partial charge in [-0.3, -0.25) is 14.6 Å². The maximum Gasteiger partial charge on any atom is 0.327 e. The van der Waals surface area contributed by atoms with Crippen LogP contribution in [0.4, 0.5) is 4.39 Å². The van der Waals surface area contributed by atoms with Gasteiger partial charge < -0.3 is 10.1 Å². The van der Waals surface area contributed by atoms with Crippen LogP contribution >= 0.6 is 11.6 Å². The summed E-state index contributed by atoms with van der Waals surface area (Å²) in [5.74, 6) is -0.655. The SMILES string of the molecule is COC(=O)C(c1ccc(Cl)cc1)N1CCN(CC(=O)NCc2ccc(F)c(C)c2)CC1. The molecule has 1 aliphatic heterocycles. The monoisotopic (exact) mass is 447 g/mol. The zero-order chi connectivity index (χ0) is 22.4. The van der Waals surface area contributed by atoms with E-state index in [1.807, 2.05) is 12.1 Å². The van der Waals surface area contributed by atoms with Gasteiger partial charge in [0.1, 0.15) is 11.9 Å². The average molecular weight is 448 g/mol. The number of hydrogen-bond donors (Lipinski definition) is 1. The molecule has 1 saturated heterocycles. The second kappa shape index (κ2) is 10.7. The van der Waals surface area contributed by atoms with Gasteiger partial charge in [-0.25, -0.2) is 9.18 Å². The Labute approximate surface area is 186 Å². The number of aryl methyl sites for hydroxylation is 1. The van der Waals surface area contributed by atoms with Crippen molar-refractivity contribution >= 4 is 23.5 Å². The highest BCUT2D eigenvalue weighted by Crippen LogP contribution is 2.25. The first kappa shape index (κ1) is 23.2. The zero-order valence-electron chi connectivity index (χ0n) is 17.7. The summed E-state index contributed by atoms with van der Waals surface area (Å²) in [6.45, 7) is 4.92. The molecule has 1 atom stereocenters. The molecule has 1 aliphatic rings. The molecule has 1 heterocycles. The predicted octanol–water partition coefficient (Wildman–Crippen LogP) is 2.94. The number of halogens is 2. The normalized spacial score (nSPS) is 16.0. The van der Waals surface area contributed by atoms with E-state index in [4.69, 9.17) is 16.3 Å². The third kappa shape index (κ3) is 6.26. The average Bonchev–Trinajstić information content (AvgIpc) is 2.77. The molecule has 0 bridgehead atoms. The number of amides is 1. The van der Waals surface area contributed by atoms with Crippen LogP contribution in [0.2, 0.25) is 5.02 Å². The van der Waals surface area contributed by atoms with E-state index in [9.17, 15) is 14.0 Å². The highest BCUT2D eigenvalue weighted by atomic mass is 35.5. The van der Waals surface area contributed by atoms with Crippen LogP contribution in [0.1, 0.15) is 22.7 Å². The Morgan fingerprint density at radius 1 is 1.13 bits per heavy atom. The number of nitrogens with zero attached hydrogens (tertiary/aromatic N) is 2. The lowest BCUT2D eigenvalue weighted by Crippen LogP contribution is -2.51. The number of rotatable bonds is 7. The number of methoxy groups -OCH3 is 1. The first-order chi connectivity index (χ1) is 14.9. The topological polar surface area (TPSA) is 61.9 Å². The quantitative estimate of drug-likeness (QED) is 0.661. The minimum Gasteiger partial charge on any atom is -0.468 e. The maximum atomic E-state index is 13.4. The summed E-state index contributed by atoms with van der Waals surface area (Å²) in [7, 11) is 1.38. The minimum absolute atomic E-state index is 0.0855. The molecule has 0 radical (unpaired) electrons. The second-order valence-corrected chi connectivity index (χ2v) is 8.09. The van der Waals surface area contributed by atoms with Crippen LogP contribution in [-0.4, -0.2) is 61.5 Å². The van der Waals surface area contributed by atoms with Crippen LogP contribution in [0.5, 0.6) is 0 Å². The molecule has 1 unspecified atom stereocenters. The Balaban J connectivity index is 1.51. The molecule has 0 saturated carbocycles. The van der Waals surface area contributed by atoms with Crippen LogP contribution in [-0.2, 0) is 20.9 Å². The standard InChI is InChI=1S/C23H27ClFN3O3/c1-16-13-17(3-8-20(16)25)14-26-21(29)15-27-9-11-28(12-10-27)22(23(30)31-2)18-4-6-19(24)7-5-18/h3-8,13,22H,9-12,14-15H2,1-2H3,(H,26,29). The van der Waals surface area contributed by atoms with Crippen molar-refractivity contribution in [1.82, 2.24) is 15.1 Å². The summed E-state index contributed by atoms with van der Waals surface area (Å²) in [5, 5.41) is 3.49. The summed E-state index contributed by atoms with van der Waals surface area (Å²) in [4.78, 5) is 28.9. The Morgan fingerprint density at radius 2 is 1.81 bits per heavy atom. The molecule has 6 nitrogen and oxygen atoms in total. The predicted molar refractivity (Wildman–Crippen MR) is 117 cm³/mol. The number of carbonyl (C=O) groups is 2. The Bertz CT molecular complexity index is 915. The first-order valence-corrected chi connectivity index (χ1v) is 10.6. The number of benzene rings is 2. The first-order valence-electron chi connectivity index (χ1n) is 10.2. The molecule has 1 fully saturated rings. The van der Waals surface area contributed by atoms with Gasteiger partial charge in [-0.05, 0) is 41.8 Å². The molecule has 3 rings (SSSR count). The molecule has 0 spiro atoms. The highest BCUT2D eigenvalue weighted by Gasteiger charge is 2.31. The molecule has 0 aromatic heterocycles. The maximum absolute atomic E-state index is 13.4. The van der Waals surface area contributed by atoms with Crippen LogP contribution in [0.25, 0.3) is 0 Å². The Hall–Kier alpha value is -2.48. The van der Waals surface area contributed by atoms with E-state index in [1.54, 1.807) is 31.2 Å². The fraction of sp³-hybridized carbons (Fsp3) is 0.391. The summed E-state index contributed by atoms with van der Waals surface area (Å²) in [6, 6.07) is 11.5. The van der Waals surface area contributed by atoms with E-state index in [0.29, 0.717) is 43.3 Å². The smallest absolute Gasteiger partial charge is 0.327 e. The molecule has 2 aromatic carbocycles. The van der Waals surface area contributed by atoms with Crippen molar-refractivity contribution in [3.63, 3.8) is 0 Å². The molecule has 31 heavy (non-hydrogen) atoms. The van der Waals surface area contributed by atoms with Crippen molar-refractivity contribution in [2.45, 2.75) is 19.5 Å². The molecule has 1 amide bonds. The number of piperazine rings is 1.